The molecule has 0 aromatic carbocycles. The lowest BCUT2D eigenvalue weighted by molar-refractivity contribution is -0.383. The zero-order valence-electron chi connectivity index (χ0n) is 37.7. The maximum Gasteiger partial charge on any atom is 0.217 e. The number of hydrogen-bond donors (Lipinski definition) is 18. The number of ether oxygens (including phenoxy) is 11. The van der Waals surface area contributed by atoms with Crippen molar-refractivity contribution in [1.29, 1.82) is 0 Å². The Bertz CT molecular complexity index is 1680. The molecule has 0 spiro atoms. The van der Waals surface area contributed by atoms with Gasteiger partial charge >= 0.3 is 0 Å². The molecule has 6 heterocycles. The average molecular weight is 1030 g/mol. The van der Waals surface area contributed by atoms with Gasteiger partial charge in [-0.2, -0.15) is 0 Å². The van der Waals surface area contributed by atoms with Crippen LogP contribution in [0.1, 0.15) is 20.8 Å². The van der Waals surface area contributed by atoms with Crippen molar-refractivity contribution < 1.29 is 143 Å². The van der Waals surface area contributed by atoms with Gasteiger partial charge in [0.1, 0.15) is 134 Å². The second-order valence-corrected chi connectivity index (χ2v) is 17.8. The summed E-state index contributed by atoms with van der Waals surface area (Å²) in [4.78, 5) is 25.2. The van der Waals surface area contributed by atoms with Crippen LogP contribution in [0.4, 0.5) is 0 Å². The van der Waals surface area contributed by atoms with Crippen LogP contribution < -0.4 is 10.6 Å². The number of amides is 2. The molecule has 0 saturated carbocycles. The van der Waals surface area contributed by atoms with Crippen molar-refractivity contribution in [2.45, 2.75) is 199 Å². The minimum atomic E-state index is -2.13. The summed E-state index contributed by atoms with van der Waals surface area (Å²) in [5.74, 6) is -1.60. The van der Waals surface area contributed by atoms with Crippen LogP contribution in [0.3, 0.4) is 0 Å². The SMILES string of the molecule is CC(=O)N[C@H]1[C@H](O[C@H]2[C@H](O[C@@H]3O[C@@H](C)[C@@H](O)[C@@H](O)[C@@H]3O)[C@@H](NC(C)=O)C(O)O[C@@H]2CO)O[C@H](CO)[C@@H](O[C@@H]2O[C@H](CO[C@H]3O[C@H](CO)[C@@H](O)[C@H](O)[C@@H]3O)[C@@H](O)[C@H](O)[C@@H]2O[C@@H]2O[C@H](CO)[C@H](O)[C@H]2O)[C@@H]1O. The van der Waals surface area contributed by atoms with Gasteiger partial charge in [0, 0.05) is 13.8 Å². The summed E-state index contributed by atoms with van der Waals surface area (Å²) in [5, 5.41) is 175. The molecular formula is C39H66N2O29. The van der Waals surface area contributed by atoms with E-state index in [2.05, 4.69) is 10.6 Å². The van der Waals surface area contributed by atoms with Gasteiger partial charge in [0.05, 0.1) is 39.1 Å². The summed E-state index contributed by atoms with van der Waals surface area (Å²) in [6.45, 7) is -1.07. The number of aliphatic hydroxyl groups excluding tert-OH is 16. The van der Waals surface area contributed by atoms with Crippen LogP contribution in [0.2, 0.25) is 0 Å². The fraction of sp³-hybridized carbons (Fsp3) is 0.949. The number of aliphatic hydroxyl groups is 16. The minimum Gasteiger partial charge on any atom is -0.394 e. The molecule has 29 atom stereocenters. The van der Waals surface area contributed by atoms with E-state index < -0.39 is 223 Å². The highest BCUT2D eigenvalue weighted by molar-refractivity contribution is 5.73. The molecule has 18 N–H and O–H groups in total. The molecule has 31 heteroatoms. The molecule has 406 valence electrons. The minimum absolute atomic E-state index is 0.761. The summed E-state index contributed by atoms with van der Waals surface area (Å²) in [6.07, 6.45) is -48.6. The number of nitrogens with one attached hydrogen (secondary N) is 2. The molecule has 6 rings (SSSR count). The van der Waals surface area contributed by atoms with Crippen LogP contribution in [0.25, 0.3) is 0 Å². The zero-order chi connectivity index (χ0) is 51.6. The first-order valence-corrected chi connectivity index (χ1v) is 22.4. The van der Waals surface area contributed by atoms with Gasteiger partial charge in [-0.05, 0) is 6.92 Å². The van der Waals surface area contributed by atoms with E-state index in [1.54, 1.807) is 0 Å². The average Bonchev–Trinajstić information content (AvgIpc) is 3.60. The van der Waals surface area contributed by atoms with Crippen molar-refractivity contribution in [2.75, 3.05) is 33.0 Å². The molecular weight excluding hydrogens is 960 g/mol. The number of hydrogen-bond acceptors (Lipinski definition) is 29. The van der Waals surface area contributed by atoms with Crippen LogP contribution in [0.15, 0.2) is 0 Å². The predicted molar refractivity (Wildman–Crippen MR) is 215 cm³/mol. The first kappa shape index (κ1) is 57.1. The van der Waals surface area contributed by atoms with Crippen molar-refractivity contribution in [3.05, 3.63) is 0 Å². The Morgan fingerprint density at radius 1 is 0.400 bits per heavy atom. The van der Waals surface area contributed by atoms with Crippen molar-refractivity contribution in [3.63, 3.8) is 0 Å². The van der Waals surface area contributed by atoms with Gasteiger partial charge in [-0.15, -0.1) is 0 Å². The van der Waals surface area contributed by atoms with Gasteiger partial charge in [-0.1, -0.05) is 0 Å². The quantitative estimate of drug-likeness (QED) is 0.0643. The highest BCUT2D eigenvalue weighted by atomic mass is 16.8. The highest BCUT2D eigenvalue weighted by Crippen LogP contribution is 2.37. The second kappa shape index (κ2) is 24.5. The normalized spacial score (nSPS) is 50.1. The molecule has 6 fully saturated rings. The summed E-state index contributed by atoms with van der Waals surface area (Å²) in [5.41, 5.74) is 0. The molecule has 2 amide bonds. The van der Waals surface area contributed by atoms with Crippen molar-refractivity contribution in [3.8, 4) is 0 Å². The van der Waals surface area contributed by atoms with Gasteiger partial charge in [-0.25, -0.2) is 0 Å². The number of carbonyl (C=O) groups is 2. The van der Waals surface area contributed by atoms with E-state index in [4.69, 9.17) is 52.1 Å². The molecule has 31 nitrogen and oxygen atoms in total. The fourth-order valence-corrected chi connectivity index (χ4v) is 8.94. The summed E-state index contributed by atoms with van der Waals surface area (Å²) in [7, 11) is 0. The lowest BCUT2D eigenvalue weighted by Crippen LogP contribution is -2.71. The topological polar surface area (TPSA) is 483 Å². The third-order valence-electron chi connectivity index (χ3n) is 12.8. The lowest BCUT2D eigenvalue weighted by Gasteiger charge is -2.51. The van der Waals surface area contributed by atoms with Crippen LogP contribution in [0, 0.1) is 0 Å². The number of carbonyl (C=O) groups excluding carboxylic acids is 2. The van der Waals surface area contributed by atoms with Gasteiger partial charge in [-0.3, -0.25) is 9.59 Å². The smallest absolute Gasteiger partial charge is 0.217 e. The van der Waals surface area contributed by atoms with Gasteiger partial charge in [0.15, 0.2) is 37.7 Å². The Kier molecular flexibility index (Phi) is 20.0. The van der Waals surface area contributed by atoms with Crippen LogP contribution in [-0.2, 0) is 61.7 Å². The Labute approximate surface area is 397 Å². The van der Waals surface area contributed by atoms with E-state index in [1.807, 2.05) is 0 Å². The van der Waals surface area contributed by atoms with Crippen LogP contribution in [0.5, 0.6) is 0 Å². The monoisotopic (exact) mass is 1030 g/mol. The number of rotatable bonds is 17. The van der Waals surface area contributed by atoms with E-state index in [1.165, 1.54) is 6.92 Å². The molecule has 6 saturated heterocycles. The van der Waals surface area contributed by atoms with E-state index in [-0.39, 0.29) is 0 Å². The molecule has 70 heavy (non-hydrogen) atoms. The highest BCUT2D eigenvalue weighted by Gasteiger charge is 2.58. The van der Waals surface area contributed by atoms with E-state index >= 15 is 0 Å². The maximum absolute atomic E-state index is 12.8. The first-order chi connectivity index (χ1) is 33.1. The third-order valence-corrected chi connectivity index (χ3v) is 12.8. The van der Waals surface area contributed by atoms with Crippen molar-refractivity contribution in [2.24, 2.45) is 0 Å². The standard InChI is InChI=1S/C39H66N2O29/c1-9-19(48)24(53)29(58)37(61-9)69-32-18(41-11(3)47)34(59)62-15(7-45)31(32)68-35-17(40-10(2)46)23(52)30(14(6-44)65-35)67-39-33(70-38-27(56)21(50)13(5-43)64-38)26(55)22(51)16(66-39)8-60-36-28(57)25(54)20(49)12(4-42)63-36/h9,12-39,42-45,48-59H,4-8H2,1-3H3,(H,40,46)(H,41,47)/t9-,12+,13+,14+,15+,16+,17+,18+,19+,20+,21-,22+,23+,24+,25-,26-,27+,28-,29-,30+,31+,32+,33-,34?,35-,36-,37-,38-,39-/m0/s1. The van der Waals surface area contributed by atoms with Gasteiger partial charge in [0.2, 0.25) is 11.8 Å². The molecule has 0 bridgehead atoms. The Hall–Kier alpha value is -2.14. The van der Waals surface area contributed by atoms with Gasteiger partial charge < -0.3 is 144 Å². The van der Waals surface area contributed by atoms with E-state index in [0.29, 0.717) is 0 Å². The molecule has 0 aromatic rings. The van der Waals surface area contributed by atoms with Crippen molar-refractivity contribution in [1.82, 2.24) is 10.6 Å². The maximum atomic E-state index is 12.8. The molecule has 6 aliphatic rings. The Morgan fingerprint density at radius 3 is 1.43 bits per heavy atom. The molecule has 1 unspecified atom stereocenters. The molecule has 0 aromatic heterocycles. The zero-order valence-corrected chi connectivity index (χ0v) is 37.7. The lowest BCUT2D eigenvalue weighted by atomic mass is 9.93. The summed E-state index contributed by atoms with van der Waals surface area (Å²) in [6, 6.07) is -3.40. The predicted octanol–water partition coefficient (Wildman–Crippen LogP) is -12.1. The van der Waals surface area contributed by atoms with Crippen molar-refractivity contribution >= 4 is 11.8 Å². The fourth-order valence-electron chi connectivity index (χ4n) is 8.94. The summed E-state index contributed by atoms with van der Waals surface area (Å²) < 4.78 is 63.6. The van der Waals surface area contributed by atoms with E-state index in [9.17, 15) is 91.3 Å². The summed E-state index contributed by atoms with van der Waals surface area (Å²) >= 11 is 0. The third kappa shape index (κ3) is 12.2. The molecule has 6 aliphatic heterocycles. The molecule has 0 radical (unpaired) electrons. The van der Waals surface area contributed by atoms with Crippen LogP contribution in [-0.4, -0.2) is 305 Å². The second-order valence-electron chi connectivity index (χ2n) is 17.8. The Morgan fingerprint density at radius 2 is 0.829 bits per heavy atom. The Balaban J connectivity index is 1.29. The first-order valence-electron chi connectivity index (χ1n) is 22.4. The largest absolute Gasteiger partial charge is 0.394 e. The van der Waals surface area contributed by atoms with Gasteiger partial charge in [0.25, 0.3) is 0 Å². The molecule has 0 aliphatic carbocycles. The van der Waals surface area contributed by atoms with E-state index in [0.717, 1.165) is 13.8 Å². The van der Waals surface area contributed by atoms with Crippen LogP contribution >= 0.6 is 0 Å².